The fourth-order valence-corrected chi connectivity index (χ4v) is 7.75. The number of carbonyl (C=O) groups excluding carboxylic acids is 2. The number of nitrogens with one attached hydrogen (secondary N) is 1. The first-order valence-electron chi connectivity index (χ1n) is 17.5. The molecule has 1 atom stereocenters. The average Bonchev–Trinajstić information content (AvgIpc) is 3.53. The van der Waals surface area contributed by atoms with E-state index in [0.29, 0.717) is 56.5 Å². The van der Waals surface area contributed by atoms with E-state index in [9.17, 15) is 18.0 Å². The van der Waals surface area contributed by atoms with Crippen LogP contribution in [0, 0.1) is 5.92 Å². The lowest BCUT2D eigenvalue weighted by atomic mass is 9.85. The van der Waals surface area contributed by atoms with Crippen LogP contribution in [-0.4, -0.2) is 108 Å². The van der Waals surface area contributed by atoms with E-state index in [1.807, 2.05) is 53.0 Å². The smallest absolute Gasteiger partial charge is 0.493 e. The van der Waals surface area contributed by atoms with Crippen LogP contribution in [0.25, 0.3) is 16.7 Å². The van der Waals surface area contributed by atoms with Crippen molar-refractivity contribution in [1.29, 1.82) is 0 Å². The van der Waals surface area contributed by atoms with Crippen LogP contribution < -0.4 is 10.1 Å². The van der Waals surface area contributed by atoms with Crippen molar-refractivity contribution in [3.8, 4) is 11.6 Å². The zero-order chi connectivity index (χ0) is 34.4. The molecule has 0 unspecified atom stereocenters. The molecule has 266 valence electrons. The number of benzene rings is 1. The molecule has 14 heteroatoms. The second kappa shape index (κ2) is 15.8. The average molecular weight is 697 g/mol. The Morgan fingerprint density at radius 2 is 1.76 bits per heavy atom. The highest BCUT2D eigenvalue weighted by Crippen LogP contribution is 2.31. The summed E-state index contributed by atoms with van der Waals surface area (Å²) in [5, 5.41) is 4.40. The van der Waals surface area contributed by atoms with Crippen molar-refractivity contribution in [2.24, 2.45) is 5.92 Å². The number of amides is 1. The first-order chi connectivity index (χ1) is 23.6. The topological polar surface area (TPSA) is 145 Å². The number of aromatic nitrogens is 3. The summed E-state index contributed by atoms with van der Waals surface area (Å²) in [6.45, 7) is 2.41. The molecular formula is C35H48N6O7S. The molecule has 3 aromatic rings. The summed E-state index contributed by atoms with van der Waals surface area (Å²) in [6.07, 6.45) is 11.8. The molecule has 49 heavy (non-hydrogen) atoms. The van der Waals surface area contributed by atoms with Gasteiger partial charge in [-0.15, -0.1) is 0 Å². The number of hydrogen-bond donors (Lipinski definition) is 1. The molecule has 2 saturated heterocycles. The van der Waals surface area contributed by atoms with Crippen LogP contribution in [0.3, 0.4) is 0 Å². The van der Waals surface area contributed by atoms with Gasteiger partial charge in [-0.25, -0.2) is 18.2 Å². The van der Waals surface area contributed by atoms with Crippen LogP contribution in [0.15, 0.2) is 42.7 Å². The van der Waals surface area contributed by atoms with Crippen molar-refractivity contribution in [2.75, 3.05) is 50.6 Å². The molecule has 1 saturated carbocycles. The highest BCUT2D eigenvalue weighted by molar-refractivity contribution is 7.90. The molecule has 1 N–H and O–H groups in total. The van der Waals surface area contributed by atoms with Crippen LogP contribution in [0.1, 0.15) is 64.2 Å². The zero-order valence-electron chi connectivity index (χ0n) is 28.5. The van der Waals surface area contributed by atoms with E-state index < -0.39 is 16.0 Å². The molecule has 1 amide bonds. The van der Waals surface area contributed by atoms with Crippen LogP contribution in [0.5, 0.6) is 5.75 Å². The summed E-state index contributed by atoms with van der Waals surface area (Å²) in [4.78, 5) is 39.0. The van der Waals surface area contributed by atoms with E-state index in [1.54, 1.807) is 6.20 Å². The largest absolute Gasteiger partial charge is 0.510 e. The number of piperidine rings is 2. The Labute approximate surface area is 288 Å². The van der Waals surface area contributed by atoms with E-state index in [1.165, 1.54) is 6.26 Å². The van der Waals surface area contributed by atoms with Gasteiger partial charge in [0.25, 0.3) is 0 Å². The van der Waals surface area contributed by atoms with E-state index in [2.05, 4.69) is 15.2 Å². The molecule has 4 heterocycles. The lowest BCUT2D eigenvalue weighted by Gasteiger charge is -2.36. The van der Waals surface area contributed by atoms with Gasteiger partial charge in [-0.05, 0) is 82.7 Å². The van der Waals surface area contributed by atoms with E-state index in [0.717, 1.165) is 62.4 Å². The Morgan fingerprint density at radius 1 is 0.959 bits per heavy atom. The van der Waals surface area contributed by atoms with E-state index >= 15 is 0 Å². The van der Waals surface area contributed by atoms with Gasteiger partial charge in [-0.1, -0.05) is 6.07 Å². The van der Waals surface area contributed by atoms with Crippen molar-refractivity contribution >= 4 is 38.8 Å². The molecule has 2 aromatic heterocycles. The monoisotopic (exact) mass is 696 g/mol. The predicted molar refractivity (Wildman–Crippen MR) is 185 cm³/mol. The van der Waals surface area contributed by atoms with Gasteiger partial charge < -0.3 is 29.0 Å². The summed E-state index contributed by atoms with van der Waals surface area (Å²) in [5.74, 6) is 2.23. The number of carbonyl (C=O) groups is 2. The van der Waals surface area contributed by atoms with Gasteiger partial charge in [0, 0.05) is 68.5 Å². The van der Waals surface area contributed by atoms with Gasteiger partial charge in [-0.3, -0.25) is 9.69 Å². The Morgan fingerprint density at radius 3 is 2.51 bits per heavy atom. The predicted octanol–water partition coefficient (Wildman–Crippen LogP) is 4.79. The number of nitrogens with zero attached hydrogens (tertiary/aromatic N) is 5. The fourth-order valence-electron chi connectivity index (χ4n) is 7.11. The maximum absolute atomic E-state index is 13.4. The second-order valence-electron chi connectivity index (χ2n) is 13.6. The number of likely N-dealkylation sites (tertiary alicyclic amines) is 2. The zero-order valence-corrected chi connectivity index (χ0v) is 29.3. The molecule has 0 spiro atoms. The number of hydrogen-bond acceptors (Lipinski definition) is 11. The van der Waals surface area contributed by atoms with Crippen molar-refractivity contribution in [1.82, 2.24) is 24.3 Å². The summed E-state index contributed by atoms with van der Waals surface area (Å²) in [5.41, 5.74) is 0.923. The van der Waals surface area contributed by atoms with Crippen molar-refractivity contribution in [2.45, 2.75) is 82.6 Å². The number of anilines is 1. The van der Waals surface area contributed by atoms with Crippen molar-refractivity contribution in [3.63, 3.8) is 0 Å². The maximum Gasteiger partial charge on any atom is 0.510 e. The van der Waals surface area contributed by atoms with Gasteiger partial charge in [0.1, 0.15) is 27.5 Å². The third-order valence-corrected chi connectivity index (χ3v) is 10.9. The van der Waals surface area contributed by atoms with Gasteiger partial charge in [0.2, 0.25) is 11.9 Å². The third kappa shape index (κ3) is 9.21. The molecule has 1 aliphatic carbocycles. The fraction of sp³-hybridized carbons (Fsp3) is 0.600. The van der Waals surface area contributed by atoms with E-state index in [4.69, 9.17) is 19.2 Å². The first kappa shape index (κ1) is 34.9. The Balaban J connectivity index is 0.958. The molecule has 13 nitrogen and oxygen atoms in total. The minimum absolute atomic E-state index is 0.0106. The standard InChI is InChI=1S/C35H48N6O7S/c1-39-19-4-3-9-32(39)48-35(43)47-27-15-20-40(21-16-27)33(42)25-10-12-26(13-11-25)37-34-36-18-14-31(38-34)41-22-17-28-29(41)7-5-8-30(28)46-23-6-24-49(2,44)45/h5,7-8,14,17-18,22,25-27,32H,3-4,6,9-13,15-16,19-21,23-24H2,1-2H3,(H,36,37,38)/t25?,26?,32-/m0/s1. The minimum atomic E-state index is -3.03. The number of sulfone groups is 1. The molecule has 6 rings (SSSR count). The number of rotatable bonds is 11. The Bertz CT molecular complexity index is 1700. The lowest BCUT2D eigenvalue weighted by molar-refractivity contribution is -0.139. The van der Waals surface area contributed by atoms with Crippen LogP contribution in [-0.2, 0) is 24.1 Å². The Hall–Kier alpha value is -3.91. The van der Waals surface area contributed by atoms with Crippen LogP contribution >= 0.6 is 0 Å². The highest BCUT2D eigenvalue weighted by atomic mass is 32.2. The molecular weight excluding hydrogens is 648 g/mol. The molecule has 3 fully saturated rings. The normalized spacial score (nSPS) is 22.5. The summed E-state index contributed by atoms with van der Waals surface area (Å²) in [6, 6.07) is 9.78. The van der Waals surface area contributed by atoms with E-state index in [-0.39, 0.29) is 36.0 Å². The van der Waals surface area contributed by atoms with Crippen LogP contribution in [0.2, 0.25) is 0 Å². The summed E-state index contributed by atoms with van der Waals surface area (Å²) >= 11 is 0. The van der Waals surface area contributed by atoms with Gasteiger partial charge in [0.05, 0.1) is 17.9 Å². The number of ether oxygens (including phenoxy) is 3. The van der Waals surface area contributed by atoms with Gasteiger partial charge in [-0.2, -0.15) is 4.98 Å². The lowest BCUT2D eigenvalue weighted by Crippen LogP contribution is -2.45. The minimum Gasteiger partial charge on any atom is -0.493 e. The summed E-state index contributed by atoms with van der Waals surface area (Å²) in [7, 11) is -1.06. The highest BCUT2D eigenvalue weighted by Gasteiger charge is 2.33. The quantitative estimate of drug-likeness (QED) is 0.218. The molecule has 2 aliphatic heterocycles. The van der Waals surface area contributed by atoms with Gasteiger partial charge >= 0.3 is 6.16 Å². The first-order valence-corrected chi connectivity index (χ1v) is 19.6. The van der Waals surface area contributed by atoms with Gasteiger partial charge in [0.15, 0.2) is 6.23 Å². The maximum atomic E-state index is 13.4. The molecule has 0 radical (unpaired) electrons. The van der Waals surface area contributed by atoms with Crippen molar-refractivity contribution < 1.29 is 32.2 Å². The second-order valence-corrected chi connectivity index (χ2v) is 15.8. The number of fused-ring (bicyclic) bond motifs is 1. The molecule has 1 aromatic carbocycles. The molecule has 3 aliphatic rings. The SMILES string of the molecule is CN1CCCC[C@@H]1OC(=O)OC1CCN(C(=O)C2CCC(Nc3nccc(-n4ccc5c(OCCCS(C)(=O)=O)cccc54)n3)CC2)CC1. The third-order valence-electron chi connectivity index (χ3n) is 9.86. The summed E-state index contributed by atoms with van der Waals surface area (Å²) < 4.78 is 41.9. The molecule has 0 bridgehead atoms. The Kier molecular flexibility index (Phi) is 11.2. The van der Waals surface area contributed by atoms with Crippen LogP contribution in [0.4, 0.5) is 10.7 Å². The van der Waals surface area contributed by atoms with Crippen molar-refractivity contribution in [3.05, 3.63) is 42.7 Å².